The van der Waals surface area contributed by atoms with Crippen LogP contribution < -0.4 is 5.73 Å². The van der Waals surface area contributed by atoms with Crippen molar-refractivity contribution in [1.82, 2.24) is 0 Å². The zero-order valence-corrected chi connectivity index (χ0v) is 9.90. The molecule has 0 amide bonds. The Labute approximate surface area is 99.8 Å². The third kappa shape index (κ3) is 2.02. The molecule has 3 nitrogen and oxygen atoms in total. The van der Waals surface area contributed by atoms with Crippen LogP contribution in [-0.4, -0.2) is 12.7 Å². The van der Waals surface area contributed by atoms with E-state index >= 15 is 0 Å². The van der Waals surface area contributed by atoms with Gasteiger partial charge in [0.15, 0.2) is 0 Å². The molecule has 0 unspecified atom stereocenters. The van der Waals surface area contributed by atoms with Gasteiger partial charge in [0.2, 0.25) is 0 Å². The number of halogens is 1. The summed E-state index contributed by atoms with van der Waals surface area (Å²) in [5.41, 5.74) is 7.34. The minimum absolute atomic E-state index is 0.00828. The second kappa shape index (κ2) is 4.20. The Morgan fingerprint density at radius 2 is 2.18 bits per heavy atom. The molecule has 0 saturated carbocycles. The number of amidine groups is 1. The van der Waals surface area contributed by atoms with Gasteiger partial charge in [-0.1, -0.05) is 23.8 Å². The van der Waals surface area contributed by atoms with E-state index in [0.717, 1.165) is 16.7 Å². The molecule has 1 aromatic carbocycles. The summed E-state index contributed by atoms with van der Waals surface area (Å²) in [6.45, 7) is 3.25. The number of hydrogen-bond donors (Lipinski definition) is 1. The third-order valence-corrected chi connectivity index (χ3v) is 2.91. The monoisotopic (exact) mass is 234 g/mol. The first kappa shape index (κ1) is 11.6. The van der Waals surface area contributed by atoms with Gasteiger partial charge in [0.05, 0.1) is 6.26 Å². The molecular formula is C13H15FN2O. The lowest BCUT2D eigenvalue weighted by Crippen LogP contribution is -2.32. The average Bonchev–Trinajstić information content (AvgIpc) is 2.32. The van der Waals surface area contributed by atoms with Crippen molar-refractivity contribution in [1.29, 1.82) is 0 Å². The summed E-state index contributed by atoms with van der Waals surface area (Å²) >= 11 is 0. The maximum Gasteiger partial charge on any atom is 0.288 e. The van der Waals surface area contributed by atoms with Crippen LogP contribution >= 0.6 is 0 Å². The van der Waals surface area contributed by atoms with E-state index in [0.29, 0.717) is 0 Å². The number of nitrogens with two attached hydrogens (primary N) is 1. The van der Waals surface area contributed by atoms with Crippen molar-refractivity contribution in [2.24, 2.45) is 10.7 Å². The molecule has 2 rings (SSSR count). The summed E-state index contributed by atoms with van der Waals surface area (Å²) in [7, 11) is 0. The van der Waals surface area contributed by atoms with E-state index in [2.05, 4.69) is 4.99 Å². The van der Waals surface area contributed by atoms with Gasteiger partial charge in [-0.25, -0.2) is 9.38 Å². The molecule has 1 aliphatic heterocycles. The molecule has 1 aliphatic rings. The Hall–Kier alpha value is -1.84. The smallest absolute Gasteiger partial charge is 0.288 e. The average molecular weight is 234 g/mol. The largest absolute Gasteiger partial charge is 0.434 e. The summed E-state index contributed by atoms with van der Waals surface area (Å²) in [4.78, 5) is 4.11. The normalized spacial score (nSPS) is 23.1. The number of benzene rings is 1. The van der Waals surface area contributed by atoms with Crippen LogP contribution in [0.2, 0.25) is 0 Å². The molecule has 2 N–H and O–H groups in total. The van der Waals surface area contributed by atoms with Gasteiger partial charge in [0, 0.05) is 0 Å². The molecule has 17 heavy (non-hydrogen) atoms. The predicted octanol–water partition coefficient (Wildman–Crippen LogP) is 2.33. The molecule has 90 valence electrons. The standard InChI is InChI=1S/C13H15FN2O/c1-9-3-4-10(2)11(7-9)13(8-14)5-6-17-12(15)16-13/h3-7H,8H2,1-2H3,(H2,15,16)/t13-/m1/s1. The summed E-state index contributed by atoms with van der Waals surface area (Å²) in [6.07, 6.45) is 2.99. The van der Waals surface area contributed by atoms with Crippen molar-refractivity contribution >= 4 is 6.02 Å². The molecule has 0 spiro atoms. The predicted molar refractivity (Wildman–Crippen MR) is 65.4 cm³/mol. The molecule has 1 heterocycles. The Morgan fingerprint density at radius 3 is 2.82 bits per heavy atom. The molecule has 0 radical (unpaired) electrons. The van der Waals surface area contributed by atoms with Crippen molar-refractivity contribution in [3.05, 3.63) is 47.2 Å². The van der Waals surface area contributed by atoms with Crippen LogP contribution in [-0.2, 0) is 10.3 Å². The van der Waals surface area contributed by atoms with Crippen LogP contribution in [0.1, 0.15) is 16.7 Å². The molecular weight excluding hydrogens is 219 g/mol. The van der Waals surface area contributed by atoms with Gasteiger partial charge >= 0.3 is 0 Å². The van der Waals surface area contributed by atoms with Crippen molar-refractivity contribution in [3.8, 4) is 0 Å². The van der Waals surface area contributed by atoms with Crippen LogP contribution in [0.15, 0.2) is 35.5 Å². The maximum absolute atomic E-state index is 13.4. The highest BCUT2D eigenvalue weighted by Gasteiger charge is 2.33. The highest BCUT2D eigenvalue weighted by atomic mass is 19.1. The van der Waals surface area contributed by atoms with E-state index in [9.17, 15) is 4.39 Å². The Kier molecular flexibility index (Phi) is 2.88. The first-order valence-electron chi connectivity index (χ1n) is 5.41. The molecule has 1 atom stereocenters. The molecule has 0 saturated heterocycles. The fourth-order valence-electron chi connectivity index (χ4n) is 1.98. The van der Waals surface area contributed by atoms with Crippen LogP contribution in [0.25, 0.3) is 0 Å². The summed E-state index contributed by atoms with van der Waals surface area (Å²) in [5.74, 6) is 0. The van der Waals surface area contributed by atoms with Crippen LogP contribution in [0.4, 0.5) is 4.39 Å². The lowest BCUT2D eigenvalue weighted by molar-refractivity contribution is 0.332. The van der Waals surface area contributed by atoms with E-state index in [1.807, 2.05) is 32.0 Å². The highest BCUT2D eigenvalue weighted by Crippen LogP contribution is 2.33. The first-order chi connectivity index (χ1) is 8.07. The lowest BCUT2D eigenvalue weighted by atomic mass is 9.87. The number of ether oxygens (including phenoxy) is 1. The topological polar surface area (TPSA) is 47.6 Å². The van der Waals surface area contributed by atoms with Crippen molar-refractivity contribution < 1.29 is 9.13 Å². The van der Waals surface area contributed by atoms with Gasteiger partial charge < -0.3 is 10.5 Å². The van der Waals surface area contributed by atoms with Gasteiger partial charge in [-0.05, 0) is 31.1 Å². The van der Waals surface area contributed by atoms with Gasteiger partial charge in [-0.2, -0.15) is 0 Å². The Balaban J connectivity index is 2.59. The number of hydrogen-bond acceptors (Lipinski definition) is 3. The zero-order chi connectivity index (χ0) is 12.5. The van der Waals surface area contributed by atoms with Gasteiger partial charge in [-0.3, -0.25) is 0 Å². The summed E-state index contributed by atoms with van der Waals surface area (Å²) in [5, 5.41) is 0. The SMILES string of the molecule is Cc1ccc(C)c([C@]2(CF)C=COC(N)=N2)c1. The van der Waals surface area contributed by atoms with Crippen LogP contribution in [0, 0.1) is 13.8 Å². The molecule has 0 aromatic heterocycles. The van der Waals surface area contributed by atoms with E-state index in [1.54, 1.807) is 6.08 Å². The first-order valence-corrected chi connectivity index (χ1v) is 5.41. The van der Waals surface area contributed by atoms with Gasteiger partial charge in [0.25, 0.3) is 6.02 Å². The van der Waals surface area contributed by atoms with Crippen molar-refractivity contribution in [2.45, 2.75) is 19.4 Å². The lowest BCUT2D eigenvalue weighted by Gasteiger charge is -2.28. The second-order valence-corrected chi connectivity index (χ2v) is 4.25. The Morgan fingerprint density at radius 1 is 1.41 bits per heavy atom. The third-order valence-electron chi connectivity index (χ3n) is 2.91. The van der Waals surface area contributed by atoms with Crippen LogP contribution in [0.3, 0.4) is 0 Å². The number of rotatable bonds is 2. The van der Waals surface area contributed by atoms with E-state index in [-0.39, 0.29) is 6.02 Å². The van der Waals surface area contributed by atoms with Crippen molar-refractivity contribution in [2.75, 3.05) is 6.67 Å². The van der Waals surface area contributed by atoms with Crippen molar-refractivity contribution in [3.63, 3.8) is 0 Å². The second-order valence-electron chi connectivity index (χ2n) is 4.25. The van der Waals surface area contributed by atoms with Gasteiger partial charge in [-0.15, -0.1) is 0 Å². The zero-order valence-electron chi connectivity index (χ0n) is 9.90. The molecule has 0 aliphatic carbocycles. The number of nitrogens with zero attached hydrogens (tertiary/aromatic N) is 1. The maximum atomic E-state index is 13.4. The number of aliphatic imine (C=N–C) groups is 1. The molecule has 4 heteroatoms. The molecule has 0 bridgehead atoms. The van der Waals surface area contributed by atoms with Gasteiger partial charge in [0.1, 0.15) is 12.2 Å². The minimum Gasteiger partial charge on any atom is -0.434 e. The quantitative estimate of drug-likeness (QED) is 0.853. The van der Waals surface area contributed by atoms with E-state index in [1.165, 1.54) is 6.26 Å². The van der Waals surface area contributed by atoms with E-state index < -0.39 is 12.2 Å². The van der Waals surface area contributed by atoms with Crippen LogP contribution in [0.5, 0.6) is 0 Å². The fraction of sp³-hybridized carbons (Fsp3) is 0.308. The fourth-order valence-corrected chi connectivity index (χ4v) is 1.98. The minimum atomic E-state index is -1.04. The number of alkyl halides is 1. The molecule has 0 fully saturated rings. The summed E-state index contributed by atoms with van der Waals surface area (Å²) < 4.78 is 18.3. The summed E-state index contributed by atoms with van der Waals surface area (Å²) in [6, 6.07) is 5.87. The van der Waals surface area contributed by atoms with E-state index in [4.69, 9.17) is 10.5 Å². The number of aryl methyl sites for hydroxylation is 2. The molecule has 1 aromatic rings. The Bertz CT molecular complexity index is 496. The highest BCUT2D eigenvalue weighted by molar-refractivity contribution is 5.74.